The molecule has 0 saturated carbocycles. The fourth-order valence-electron chi connectivity index (χ4n) is 2.53. The van der Waals surface area contributed by atoms with Gasteiger partial charge in [0.15, 0.2) is 0 Å². The van der Waals surface area contributed by atoms with Gasteiger partial charge in [-0.15, -0.1) is 0 Å². The van der Waals surface area contributed by atoms with E-state index in [0.717, 1.165) is 12.8 Å². The van der Waals surface area contributed by atoms with Crippen molar-refractivity contribution in [2.24, 2.45) is 0 Å². The Hall–Kier alpha value is -2.66. The number of sulfone groups is 1. The minimum Gasteiger partial charge on any atom is -0.481 e. The first-order valence-corrected chi connectivity index (χ1v) is 10.7. The second-order valence-corrected chi connectivity index (χ2v) is 8.17. The smallest absolute Gasteiger partial charge is 0.415 e. The van der Waals surface area contributed by atoms with Crippen molar-refractivity contribution in [3.05, 3.63) is 35.5 Å². The molecular formula is C18H24N2O8S. The lowest BCUT2D eigenvalue weighted by Gasteiger charge is -2.16. The summed E-state index contributed by atoms with van der Waals surface area (Å²) in [5.74, 6) is -1.35. The Morgan fingerprint density at radius 3 is 2.69 bits per heavy atom. The maximum absolute atomic E-state index is 12.7. The molecule has 1 aromatic heterocycles. The van der Waals surface area contributed by atoms with Crippen molar-refractivity contribution in [3.8, 4) is 5.88 Å². The number of rotatable bonds is 13. The lowest BCUT2D eigenvalue weighted by atomic mass is 10.2. The number of ether oxygens (including phenoxy) is 2. The third kappa shape index (κ3) is 6.43. The molecule has 0 bridgehead atoms. The average Bonchev–Trinajstić information content (AvgIpc) is 3.08. The van der Waals surface area contributed by atoms with Gasteiger partial charge in [-0.25, -0.2) is 8.42 Å². The summed E-state index contributed by atoms with van der Waals surface area (Å²) in [6.07, 6.45) is 2.29. The van der Waals surface area contributed by atoms with Gasteiger partial charge in [0.05, 0.1) is 16.2 Å². The number of hydrogen-bond acceptors (Lipinski definition) is 8. The van der Waals surface area contributed by atoms with Crippen LogP contribution in [0.1, 0.15) is 39.0 Å². The van der Waals surface area contributed by atoms with Crippen molar-refractivity contribution in [1.29, 1.82) is 0 Å². The quantitative estimate of drug-likeness (QED) is 0.374. The highest BCUT2D eigenvalue weighted by Gasteiger charge is 2.36. The van der Waals surface area contributed by atoms with E-state index in [2.05, 4.69) is 9.79 Å². The van der Waals surface area contributed by atoms with E-state index in [1.807, 2.05) is 6.92 Å². The van der Waals surface area contributed by atoms with Crippen molar-refractivity contribution in [2.75, 3.05) is 13.2 Å². The zero-order valence-electron chi connectivity index (χ0n) is 16.0. The van der Waals surface area contributed by atoms with Crippen LogP contribution in [0.5, 0.6) is 5.88 Å². The van der Waals surface area contributed by atoms with E-state index in [-0.39, 0.29) is 29.4 Å². The minimum absolute atomic E-state index is 0.0136. The number of aliphatic carboxylic acids is 1. The zero-order chi connectivity index (χ0) is 21.3. The van der Waals surface area contributed by atoms with Crippen LogP contribution in [0.25, 0.3) is 0 Å². The molecule has 0 amide bonds. The Balaban J connectivity index is 2.09. The maximum Gasteiger partial charge on any atom is 0.415 e. The second kappa shape index (κ2) is 10.8. The first-order chi connectivity index (χ1) is 13.9. The number of aromatic nitrogens is 2. The molecule has 10 nitrogen and oxygen atoms in total. The molecule has 0 aliphatic heterocycles. The van der Waals surface area contributed by atoms with E-state index < -0.39 is 32.8 Å². The number of carboxylic acids is 1. The van der Waals surface area contributed by atoms with Gasteiger partial charge in [0.25, 0.3) is 9.84 Å². The molecule has 1 N–H and O–H groups in total. The van der Waals surface area contributed by atoms with Gasteiger partial charge in [-0.05, 0) is 29.9 Å². The number of nitrogens with zero attached hydrogens (tertiary/aromatic N) is 2. The maximum atomic E-state index is 12.7. The topological polar surface area (TPSA) is 143 Å². The largest absolute Gasteiger partial charge is 0.481 e. The molecule has 29 heavy (non-hydrogen) atoms. The van der Waals surface area contributed by atoms with Crippen LogP contribution in [0.2, 0.25) is 0 Å². The number of hydrogen-bond donors (Lipinski definition) is 1. The Labute approximate surface area is 168 Å². The van der Waals surface area contributed by atoms with Gasteiger partial charge in [0.2, 0.25) is 0 Å². The van der Waals surface area contributed by atoms with Crippen molar-refractivity contribution in [1.82, 2.24) is 5.16 Å². The lowest BCUT2D eigenvalue weighted by Crippen LogP contribution is -2.31. The molecule has 0 aliphatic rings. The summed E-state index contributed by atoms with van der Waals surface area (Å²) in [6, 6.07) is 7.41. The lowest BCUT2D eigenvalue weighted by molar-refractivity contribution is -0.832. The molecule has 0 saturated heterocycles. The number of benzene rings is 1. The molecular weight excluding hydrogens is 404 g/mol. The molecule has 2 rings (SSSR count). The first-order valence-electron chi connectivity index (χ1n) is 9.22. The van der Waals surface area contributed by atoms with Gasteiger partial charge >= 0.3 is 16.9 Å². The molecule has 1 aromatic carbocycles. The summed E-state index contributed by atoms with van der Waals surface area (Å²) in [5.41, 5.74) is 0. The van der Waals surface area contributed by atoms with Crippen molar-refractivity contribution in [3.63, 3.8) is 0 Å². The average molecular weight is 428 g/mol. The molecule has 0 fully saturated rings. The molecule has 2 aromatic rings. The van der Waals surface area contributed by atoms with Gasteiger partial charge in [0.1, 0.15) is 6.61 Å². The van der Waals surface area contributed by atoms with Crippen LogP contribution in [-0.2, 0) is 19.4 Å². The fourth-order valence-corrected chi connectivity index (χ4v) is 3.83. The van der Waals surface area contributed by atoms with E-state index in [4.69, 9.17) is 14.6 Å². The minimum atomic E-state index is -4.19. The summed E-state index contributed by atoms with van der Waals surface area (Å²) in [4.78, 5) is 10.3. The van der Waals surface area contributed by atoms with Crippen LogP contribution in [0, 0.1) is 5.21 Å². The van der Waals surface area contributed by atoms with Crippen molar-refractivity contribution >= 4 is 15.8 Å². The van der Waals surface area contributed by atoms with E-state index in [9.17, 15) is 18.4 Å². The normalized spacial score (nSPS) is 12.6. The zero-order valence-corrected chi connectivity index (χ0v) is 16.8. The van der Waals surface area contributed by atoms with Crippen LogP contribution in [0.4, 0.5) is 0 Å². The van der Waals surface area contributed by atoms with Crippen LogP contribution in [0.15, 0.2) is 44.9 Å². The van der Waals surface area contributed by atoms with Gasteiger partial charge in [0, 0.05) is 13.0 Å². The molecule has 1 atom stereocenters. The van der Waals surface area contributed by atoms with Gasteiger partial charge in [-0.2, -0.15) is 0 Å². The number of carbonyl (C=O) groups is 1. The van der Waals surface area contributed by atoms with E-state index in [1.165, 1.54) is 24.3 Å². The third-order valence-corrected chi connectivity index (χ3v) is 5.75. The Morgan fingerprint density at radius 1 is 1.31 bits per heavy atom. The fraction of sp³-hybridized carbons (Fsp3) is 0.500. The standard InChI is InChI=1S/C18H24N2O8S/c1-2-3-8-14(26-12-7-11-16(21)22)13-27-17-18(20(23)28-19-17)29(24,25)15-9-5-4-6-10-15/h4-6,9-10,14H,2-3,7-8,11-13H2,1H3,(H,21,22). The highest BCUT2D eigenvalue weighted by atomic mass is 32.2. The molecule has 160 valence electrons. The highest BCUT2D eigenvalue weighted by molar-refractivity contribution is 7.91. The van der Waals surface area contributed by atoms with Gasteiger partial charge < -0.3 is 19.8 Å². The summed E-state index contributed by atoms with van der Waals surface area (Å²) in [5, 5.41) is 23.3. The van der Waals surface area contributed by atoms with Crippen LogP contribution >= 0.6 is 0 Å². The van der Waals surface area contributed by atoms with Crippen LogP contribution < -0.4 is 9.64 Å². The Morgan fingerprint density at radius 2 is 2.03 bits per heavy atom. The van der Waals surface area contributed by atoms with Crippen molar-refractivity contribution < 1.29 is 37.3 Å². The van der Waals surface area contributed by atoms with Crippen LogP contribution in [-0.4, -0.2) is 44.0 Å². The summed E-state index contributed by atoms with van der Waals surface area (Å²) in [6.45, 7) is 2.17. The Kier molecular flexibility index (Phi) is 8.40. The van der Waals surface area contributed by atoms with E-state index in [0.29, 0.717) is 12.8 Å². The molecule has 1 unspecified atom stereocenters. The second-order valence-electron chi connectivity index (χ2n) is 6.30. The predicted molar refractivity (Wildman–Crippen MR) is 99.0 cm³/mol. The molecule has 11 heteroatoms. The summed E-state index contributed by atoms with van der Waals surface area (Å²) in [7, 11) is -4.19. The molecule has 0 aliphatic carbocycles. The van der Waals surface area contributed by atoms with Gasteiger partial charge in [-0.3, -0.25) is 9.42 Å². The third-order valence-electron chi connectivity index (χ3n) is 4.03. The van der Waals surface area contributed by atoms with Crippen molar-refractivity contribution in [2.45, 2.75) is 55.1 Å². The highest BCUT2D eigenvalue weighted by Crippen LogP contribution is 2.25. The monoisotopic (exact) mass is 428 g/mol. The molecule has 1 heterocycles. The van der Waals surface area contributed by atoms with Crippen LogP contribution in [0.3, 0.4) is 0 Å². The SMILES string of the molecule is CCCCC(COc1no[n+]([O-])c1S(=O)(=O)c1ccccc1)OCCCC(=O)O. The predicted octanol–water partition coefficient (Wildman–Crippen LogP) is 1.96. The van der Waals surface area contributed by atoms with E-state index in [1.54, 1.807) is 6.07 Å². The van der Waals surface area contributed by atoms with E-state index >= 15 is 0 Å². The summed E-state index contributed by atoms with van der Waals surface area (Å²) >= 11 is 0. The molecule has 0 spiro atoms. The molecule has 0 radical (unpaired) electrons. The Bertz CT molecular complexity index is 883. The van der Waals surface area contributed by atoms with Gasteiger partial charge in [-0.1, -0.05) is 38.0 Å². The number of unbranched alkanes of at least 4 members (excludes halogenated alkanes) is 1. The number of carboxylic acid groups (broad SMARTS) is 1. The summed E-state index contributed by atoms with van der Waals surface area (Å²) < 4.78 is 41.0. The first kappa shape index (κ1) is 22.6.